The second kappa shape index (κ2) is 11.4. The maximum Gasteiger partial charge on any atom is 0.277 e. The van der Waals surface area contributed by atoms with E-state index in [4.69, 9.17) is 4.42 Å². The Bertz CT molecular complexity index is 1520. The number of nitro benzene ring substituents is 1. The number of nitrogens with zero attached hydrogens (tertiary/aromatic N) is 4. The van der Waals surface area contributed by atoms with Gasteiger partial charge in [-0.05, 0) is 42.5 Å². The van der Waals surface area contributed by atoms with E-state index >= 15 is 0 Å². The molecule has 0 saturated carbocycles. The molecule has 0 spiro atoms. The summed E-state index contributed by atoms with van der Waals surface area (Å²) in [5.74, 6) is -0.359. The van der Waals surface area contributed by atoms with Crippen molar-refractivity contribution >= 4 is 51.6 Å². The highest BCUT2D eigenvalue weighted by Gasteiger charge is 2.32. The second-order valence-electron chi connectivity index (χ2n) is 8.88. The summed E-state index contributed by atoms with van der Waals surface area (Å²) < 4.78 is 5.60. The summed E-state index contributed by atoms with van der Waals surface area (Å²) in [5, 5.41) is 23.2. The quantitative estimate of drug-likeness (QED) is 0.0915. The van der Waals surface area contributed by atoms with Crippen molar-refractivity contribution in [3.8, 4) is 0 Å². The van der Waals surface area contributed by atoms with Crippen molar-refractivity contribution in [1.29, 1.82) is 0 Å². The summed E-state index contributed by atoms with van der Waals surface area (Å²) in [6, 6.07) is 16.5. The van der Waals surface area contributed by atoms with E-state index in [-0.39, 0.29) is 34.4 Å². The van der Waals surface area contributed by atoms with Gasteiger partial charge in [0.05, 0.1) is 10.7 Å². The van der Waals surface area contributed by atoms with Gasteiger partial charge in [0.1, 0.15) is 0 Å². The first-order valence-corrected chi connectivity index (χ1v) is 13.3. The van der Waals surface area contributed by atoms with Gasteiger partial charge in [0.15, 0.2) is 0 Å². The Morgan fingerprint density at radius 2 is 1.64 bits per heavy atom. The van der Waals surface area contributed by atoms with Crippen LogP contribution in [0.3, 0.4) is 0 Å². The lowest BCUT2D eigenvalue weighted by Gasteiger charge is -2.27. The van der Waals surface area contributed by atoms with Gasteiger partial charge in [0.25, 0.3) is 22.7 Å². The molecular weight excluding hydrogens is 522 g/mol. The minimum Gasteiger partial charge on any atom is -0.416 e. The van der Waals surface area contributed by atoms with E-state index in [1.54, 1.807) is 12.1 Å². The van der Waals surface area contributed by atoms with Crippen molar-refractivity contribution < 1.29 is 23.7 Å². The van der Waals surface area contributed by atoms with E-state index in [9.17, 15) is 24.5 Å². The van der Waals surface area contributed by atoms with Crippen LogP contribution in [0.1, 0.15) is 45.9 Å². The number of nitrogens with one attached hydrogen (secondary N) is 1. The normalized spacial score (nSPS) is 12.7. The number of carbonyl (C=O) groups is 3. The number of nitro groups is 1. The number of thioether (sulfide) groups is 1. The summed E-state index contributed by atoms with van der Waals surface area (Å²) in [6.07, 6.45) is 2.67. The first-order valence-electron chi connectivity index (χ1n) is 12.3. The molecule has 39 heavy (non-hydrogen) atoms. The standard InChI is InChI=1S/C27H23N5O6S/c33-22(28-18-11-13-19(14-12-18)32(36)37)16-39-27-30-29-23(38-27)10-2-1-3-15-31-25(34)20-8-4-6-17-7-5-9-21(24(17)20)26(31)35/h4-9,11-14H,1-3,10,15-16H2,(H,28,33). The number of non-ortho nitro benzene ring substituents is 1. The van der Waals surface area contributed by atoms with Gasteiger partial charge in [0.2, 0.25) is 11.8 Å². The number of imide groups is 1. The molecule has 0 radical (unpaired) electrons. The van der Waals surface area contributed by atoms with Gasteiger partial charge in [-0.2, -0.15) is 0 Å². The molecule has 198 valence electrons. The van der Waals surface area contributed by atoms with Crippen LogP contribution in [0.15, 0.2) is 70.3 Å². The molecule has 11 nitrogen and oxygen atoms in total. The fourth-order valence-corrected chi connectivity index (χ4v) is 4.98. The van der Waals surface area contributed by atoms with Crippen LogP contribution in [-0.4, -0.2) is 50.0 Å². The molecule has 1 aliphatic rings. The fraction of sp³-hybridized carbons (Fsp3) is 0.222. The molecule has 1 aliphatic heterocycles. The maximum atomic E-state index is 13.0. The highest BCUT2D eigenvalue weighted by atomic mass is 32.2. The van der Waals surface area contributed by atoms with E-state index < -0.39 is 4.92 Å². The first-order chi connectivity index (χ1) is 18.9. The SMILES string of the molecule is O=C(CSc1nnc(CCCCCN2C(=O)c3cccc4cccc(c34)C2=O)o1)Nc1ccc([N+](=O)[O-])cc1. The lowest BCUT2D eigenvalue weighted by Crippen LogP contribution is -2.40. The number of aryl methyl sites for hydroxylation is 1. The van der Waals surface area contributed by atoms with Gasteiger partial charge in [-0.25, -0.2) is 0 Å². The molecule has 0 saturated heterocycles. The van der Waals surface area contributed by atoms with Gasteiger partial charge in [-0.3, -0.25) is 29.4 Å². The Hall–Kier alpha value is -4.58. The Kier molecular flexibility index (Phi) is 7.64. The lowest BCUT2D eigenvalue weighted by atomic mass is 9.94. The second-order valence-corrected chi connectivity index (χ2v) is 9.81. The van der Waals surface area contributed by atoms with Crippen molar-refractivity contribution in [2.75, 3.05) is 17.6 Å². The van der Waals surface area contributed by atoms with Gasteiger partial charge in [-0.15, -0.1) is 10.2 Å². The third-order valence-corrected chi connectivity index (χ3v) is 7.08. The molecule has 0 atom stereocenters. The Morgan fingerprint density at radius 3 is 2.31 bits per heavy atom. The Balaban J connectivity index is 1.04. The van der Waals surface area contributed by atoms with Crippen molar-refractivity contribution in [3.63, 3.8) is 0 Å². The summed E-state index contributed by atoms with van der Waals surface area (Å²) in [4.78, 5) is 49.6. The van der Waals surface area contributed by atoms with Crippen molar-refractivity contribution in [1.82, 2.24) is 15.1 Å². The zero-order valence-corrected chi connectivity index (χ0v) is 21.5. The van der Waals surface area contributed by atoms with E-state index in [2.05, 4.69) is 15.5 Å². The number of hydrogen-bond donors (Lipinski definition) is 1. The molecule has 3 amide bonds. The van der Waals surface area contributed by atoms with Crippen LogP contribution in [0, 0.1) is 10.1 Å². The molecule has 12 heteroatoms. The fourth-order valence-electron chi connectivity index (χ4n) is 4.39. The van der Waals surface area contributed by atoms with Gasteiger partial charge >= 0.3 is 0 Å². The van der Waals surface area contributed by atoms with E-state index in [0.717, 1.165) is 35.4 Å². The average molecular weight is 546 g/mol. The molecule has 0 fully saturated rings. The van der Waals surface area contributed by atoms with Crippen LogP contribution in [0.2, 0.25) is 0 Å². The van der Waals surface area contributed by atoms with E-state index in [1.807, 2.05) is 24.3 Å². The van der Waals surface area contributed by atoms with E-state index in [1.165, 1.54) is 29.2 Å². The van der Waals surface area contributed by atoms with Crippen LogP contribution < -0.4 is 5.32 Å². The number of amides is 3. The maximum absolute atomic E-state index is 13.0. The lowest BCUT2D eigenvalue weighted by molar-refractivity contribution is -0.384. The molecular formula is C27H23N5O6S. The van der Waals surface area contributed by atoms with Crippen LogP contribution in [-0.2, 0) is 11.2 Å². The van der Waals surface area contributed by atoms with Gasteiger partial charge < -0.3 is 9.73 Å². The third-order valence-electron chi connectivity index (χ3n) is 6.27. The van der Waals surface area contributed by atoms with Crippen molar-refractivity contribution in [2.24, 2.45) is 0 Å². The number of anilines is 1. The molecule has 2 heterocycles. The smallest absolute Gasteiger partial charge is 0.277 e. The summed E-state index contributed by atoms with van der Waals surface area (Å²) in [7, 11) is 0. The minimum absolute atomic E-state index is 0.0351. The molecule has 1 N–H and O–H groups in total. The topological polar surface area (TPSA) is 149 Å². The van der Waals surface area contributed by atoms with Gasteiger partial charge in [0, 0.05) is 47.3 Å². The Labute approximate surface area is 226 Å². The van der Waals surface area contributed by atoms with Crippen molar-refractivity contribution in [3.05, 3.63) is 87.8 Å². The molecule has 0 aliphatic carbocycles. The van der Waals surface area contributed by atoms with Crippen LogP contribution in [0.5, 0.6) is 0 Å². The van der Waals surface area contributed by atoms with Crippen LogP contribution in [0.4, 0.5) is 11.4 Å². The van der Waals surface area contributed by atoms with Crippen molar-refractivity contribution in [2.45, 2.75) is 30.9 Å². The molecule has 5 rings (SSSR count). The number of rotatable bonds is 11. The predicted octanol–water partition coefficient (Wildman–Crippen LogP) is 4.87. The highest BCUT2D eigenvalue weighted by Crippen LogP contribution is 2.30. The molecule has 0 bridgehead atoms. The zero-order chi connectivity index (χ0) is 27.4. The summed E-state index contributed by atoms with van der Waals surface area (Å²) in [5.41, 5.74) is 1.50. The number of aromatic nitrogens is 2. The Morgan fingerprint density at radius 1 is 0.949 bits per heavy atom. The highest BCUT2D eigenvalue weighted by molar-refractivity contribution is 7.99. The summed E-state index contributed by atoms with van der Waals surface area (Å²) >= 11 is 1.09. The third kappa shape index (κ3) is 5.80. The number of carbonyl (C=O) groups excluding carboxylic acids is 3. The van der Waals surface area contributed by atoms with Crippen LogP contribution >= 0.6 is 11.8 Å². The number of benzene rings is 3. The average Bonchev–Trinajstić information content (AvgIpc) is 3.40. The monoisotopic (exact) mass is 545 g/mol. The molecule has 4 aromatic rings. The summed E-state index contributed by atoms with van der Waals surface area (Å²) in [6.45, 7) is 0.331. The first kappa shape index (κ1) is 26.0. The zero-order valence-electron chi connectivity index (χ0n) is 20.7. The van der Waals surface area contributed by atoms with Gasteiger partial charge in [-0.1, -0.05) is 42.4 Å². The predicted molar refractivity (Wildman–Crippen MR) is 144 cm³/mol. The molecule has 1 aromatic heterocycles. The largest absolute Gasteiger partial charge is 0.416 e. The van der Waals surface area contributed by atoms with Crippen LogP contribution in [0.25, 0.3) is 10.8 Å². The number of hydrogen-bond acceptors (Lipinski definition) is 9. The molecule has 3 aromatic carbocycles. The molecule has 0 unspecified atom stereocenters. The number of unbranched alkanes of at least 4 members (excludes halogenated alkanes) is 2. The minimum atomic E-state index is -0.509. The van der Waals surface area contributed by atoms with E-state index in [0.29, 0.717) is 42.1 Å².